The Labute approximate surface area is 202 Å². The van der Waals surface area contributed by atoms with Crippen molar-refractivity contribution < 1.29 is 13.9 Å². The number of aromatic nitrogens is 4. The maximum Gasteiger partial charge on any atom is 0.258 e. The first-order valence-corrected chi connectivity index (χ1v) is 11.8. The summed E-state index contributed by atoms with van der Waals surface area (Å²) in [7, 11) is 1.62. The van der Waals surface area contributed by atoms with E-state index in [-0.39, 0.29) is 17.4 Å². The highest BCUT2D eigenvalue weighted by Gasteiger charge is 2.27. The number of methoxy groups -OCH3 is 1. The van der Waals surface area contributed by atoms with E-state index >= 15 is 0 Å². The van der Waals surface area contributed by atoms with Crippen molar-refractivity contribution in [3.05, 3.63) is 70.6 Å². The molecule has 1 fully saturated rings. The van der Waals surface area contributed by atoms with Crippen molar-refractivity contribution in [2.24, 2.45) is 0 Å². The van der Waals surface area contributed by atoms with E-state index in [0.29, 0.717) is 60.9 Å². The summed E-state index contributed by atoms with van der Waals surface area (Å²) >= 11 is 0. The van der Waals surface area contributed by atoms with Crippen LogP contribution in [0, 0.1) is 0 Å². The molecular formula is C26H27N5O4. The molecule has 5 rings (SSSR count). The van der Waals surface area contributed by atoms with Crippen LogP contribution in [0.3, 0.4) is 0 Å². The number of hydrogen-bond acceptors (Lipinski definition) is 7. The molecule has 0 radical (unpaired) electrons. The van der Waals surface area contributed by atoms with Gasteiger partial charge < -0.3 is 19.0 Å². The van der Waals surface area contributed by atoms with Crippen LogP contribution in [0.4, 0.5) is 0 Å². The maximum atomic E-state index is 12.7. The number of nitrogens with zero attached hydrogens (tertiary/aromatic N) is 4. The molecule has 0 bridgehead atoms. The minimum absolute atomic E-state index is 0.120. The number of benzene rings is 2. The van der Waals surface area contributed by atoms with Crippen LogP contribution in [0.5, 0.6) is 5.75 Å². The molecule has 180 valence electrons. The number of H-pyrrole nitrogens is 1. The fourth-order valence-electron chi connectivity index (χ4n) is 4.47. The zero-order chi connectivity index (χ0) is 24.2. The third-order valence-electron chi connectivity index (χ3n) is 6.42. The molecular weight excluding hydrogens is 446 g/mol. The standard InChI is InChI=1S/C26H27N5O4/c1-34-19-7-4-6-18(16-19)26-30-29-25(35-26)17-12-14-31(15-13-17)23(32)11-5-10-22-27-21-9-3-2-8-20(21)24(33)28-22/h2-4,6-9,16-17H,5,10-15H2,1H3,(H,27,28,33). The van der Waals surface area contributed by atoms with Gasteiger partial charge in [-0.15, -0.1) is 10.2 Å². The van der Waals surface area contributed by atoms with Gasteiger partial charge in [-0.25, -0.2) is 4.98 Å². The Kier molecular flexibility index (Phi) is 6.56. The average Bonchev–Trinajstić information content (AvgIpc) is 3.39. The summed E-state index contributed by atoms with van der Waals surface area (Å²) in [6.45, 7) is 1.32. The van der Waals surface area contributed by atoms with Gasteiger partial charge >= 0.3 is 0 Å². The highest BCUT2D eigenvalue weighted by molar-refractivity contribution is 5.77. The van der Waals surface area contributed by atoms with E-state index in [1.807, 2.05) is 47.4 Å². The summed E-state index contributed by atoms with van der Waals surface area (Å²) in [6, 6.07) is 14.8. The Hall–Kier alpha value is -4.01. The highest BCUT2D eigenvalue weighted by atomic mass is 16.5. The van der Waals surface area contributed by atoms with Crippen molar-refractivity contribution in [1.29, 1.82) is 0 Å². The topological polar surface area (TPSA) is 114 Å². The number of aryl methyl sites for hydroxylation is 1. The molecule has 0 saturated carbocycles. The van der Waals surface area contributed by atoms with Gasteiger partial charge in [-0.05, 0) is 49.6 Å². The summed E-state index contributed by atoms with van der Waals surface area (Å²) in [5.41, 5.74) is 1.35. The fraction of sp³-hybridized carbons (Fsp3) is 0.346. The van der Waals surface area contributed by atoms with Crippen LogP contribution in [0.25, 0.3) is 22.4 Å². The van der Waals surface area contributed by atoms with Crippen LogP contribution in [0.2, 0.25) is 0 Å². The number of likely N-dealkylation sites (tertiary alicyclic amines) is 1. The lowest BCUT2D eigenvalue weighted by Crippen LogP contribution is -2.37. The molecule has 0 unspecified atom stereocenters. The summed E-state index contributed by atoms with van der Waals surface area (Å²) < 4.78 is 11.2. The number of nitrogens with one attached hydrogen (secondary N) is 1. The second-order valence-electron chi connectivity index (χ2n) is 8.72. The Morgan fingerprint density at radius 2 is 1.97 bits per heavy atom. The largest absolute Gasteiger partial charge is 0.497 e. The minimum atomic E-state index is -0.144. The maximum absolute atomic E-state index is 12.7. The van der Waals surface area contributed by atoms with Crippen molar-refractivity contribution in [2.45, 2.75) is 38.0 Å². The fourth-order valence-corrected chi connectivity index (χ4v) is 4.47. The predicted octanol–water partition coefficient (Wildman–Crippen LogP) is 3.71. The van der Waals surface area contributed by atoms with Crippen molar-refractivity contribution in [2.75, 3.05) is 20.2 Å². The van der Waals surface area contributed by atoms with Crippen LogP contribution in [0.1, 0.15) is 43.3 Å². The van der Waals surface area contributed by atoms with Gasteiger partial charge in [0.2, 0.25) is 17.7 Å². The van der Waals surface area contributed by atoms with E-state index in [1.165, 1.54) is 0 Å². The third-order valence-corrected chi connectivity index (χ3v) is 6.42. The number of hydrogen-bond donors (Lipinski definition) is 1. The second-order valence-corrected chi connectivity index (χ2v) is 8.72. The van der Waals surface area contributed by atoms with Crippen molar-refractivity contribution in [3.63, 3.8) is 0 Å². The van der Waals surface area contributed by atoms with Gasteiger partial charge in [0, 0.05) is 37.4 Å². The molecule has 2 aromatic carbocycles. The molecule has 9 heteroatoms. The molecule has 2 aromatic heterocycles. The molecule has 1 amide bonds. The zero-order valence-corrected chi connectivity index (χ0v) is 19.6. The molecule has 0 atom stereocenters. The highest BCUT2D eigenvalue weighted by Crippen LogP contribution is 2.30. The minimum Gasteiger partial charge on any atom is -0.497 e. The third kappa shape index (κ3) is 5.08. The van der Waals surface area contributed by atoms with Crippen LogP contribution in [0.15, 0.2) is 57.7 Å². The quantitative estimate of drug-likeness (QED) is 0.435. The summed E-state index contributed by atoms with van der Waals surface area (Å²) in [5, 5.41) is 9.03. The molecule has 1 N–H and O–H groups in total. The number of ether oxygens (including phenoxy) is 1. The molecule has 3 heterocycles. The number of rotatable bonds is 7. The number of carbonyl (C=O) groups excluding carboxylic acids is 1. The van der Waals surface area contributed by atoms with Crippen LogP contribution < -0.4 is 10.3 Å². The molecule has 0 spiro atoms. The monoisotopic (exact) mass is 473 g/mol. The molecule has 9 nitrogen and oxygen atoms in total. The summed E-state index contributed by atoms with van der Waals surface area (Å²) in [6.07, 6.45) is 3.17. The lowest BCUT2D eigenvalue weighted by Gasteiger charge is -2.30. The Morgan fingerprint density at radius 1 is 1.14 bits per heavy atom. The first-order chi connectivity index (χ1) is 17.1. The summed E-state index contributed by atoms with van der Waals surface area (Å²) in [5.74, 6) is 2.69. The molecule has 0 aliphatic carbocycles. The number of piperidine rings is 1. The number of aromatic amines is 1. The van der Waals surface area contributed by atoms with Gasteiger partial charge in [-0.2, -0.15) is 0 Å². The first kappa shape index (κ1) is 22.8. The number of amides is 1. The van der Waals surface area contributed by atoms with Crippen molar-refractivity contribution >= 4 is 16.8 Å². The van der Waals surface area contributed by atoms with Crippen molar-refractivity contribution in [3.8, 4) is 17.2 Å². The van der Waals surface area contributed by atoms with E-state index < -0.39 is 0 Å². The molecule has 35 heavy (non-hydrogen) atoms. The Bertz CT molecular complexity index is 1390. The predicted molar refractivity (Wildman–Crippen MR) is 130 cm³/mol. The molecule has 1 aliphatic heterocycles. The Balaban J connectivity index is 1.12. The normalized spacial score (nSPS) is 14.4. The van der Waals surface area contributed by atoms with Crippen molar-refractivity contribution in [1.82, 2.24) is 25.1 Å². The van der Waals surface area contributed by atoms with Gasteiger partial charge in [0.1, 0.15) is 11.6 Å². The van der Waals surface area contributed by atoms with Gasteiger partial charge in [-0.3, -0.25) is 9.59 Å². The van der Waals surface area contributed by atoms with E-state index in [2.05, 4.69) is 20.2 Å². The van der Waals surface area contributed by atoms with Crippen LogP contribution in [-0.2, 0) is 11.2 Å². The van der Waals surface area contributed by atoms with E-state index in [0.717, 1.165) is 24.2 Å². The van der Waals surface area contributed by atoms with Gasteiger partial charge in [0.25, 0.3) is 5.56 Å². The van der Waals surface area contributed by atoms with Crippen LogP contribution in [-0.4, -0.2) is 51.2 Å². The SMILES string of the molecule is COc1cccc(-c2nnc(C3CCN(C(=O)CCCc4nc5ccccc5c(=O)[nH]4)CC3)o2)c1. The van der Waals surface area contributed by atoms with Gasteiger partial charge in [0.15, 0.2) is 0 Å². The Morgan fingerprint density at radius 3 is 2.80 bits per heavy atom. The number of fused-ring (bicyclic) bond motifs is 1. The van der Waals surface area contributed by atoms with Gasteiger partial charge in [0.05, 0.1) is 18.0 Å². The molecule has 1 aliphatic rings. The van der Waals surface area contributed by atoms with E-state index in [1.54, 1.807) is 13.2 Å². The lowest BCUT2D eigenvalue weighted by molar-refractivity contribution is -0.132. The van der Waals surface area contributed by atoms with Gasteiger partial charge in [-0.1, -0.05) is 18.2 Å². The van der Waals surface area contributed by atoms with Crippen LogP contribution >= 0.6 is 0 Å². The van der Waals surface area contributed by atoms with E-state index in [9.17, 15) is 9.59 Å². The lowest BCUT2D eigenvalue weighted by atomic mass is 9.96. The number of carbonyl (C=O) groups is 1. The van der Waals surface area contributed by atoms with E-state index in [4.69, 9.17) is 9.15 Å². The average molecular weight is 474 g/mol. The molecule has 4 aromatic rings. The second kappa shape index (κ2) is 10.1. The smallest absolute Gasteiger partial charge is 0.258 e. The first-order valence-electron chi connectivity index (χ1n) is 11.8. The summed E-state index contributed by atoms with van der Waals surface area (Å²) in [4.78, 5) is 34.2. The zero-order valence-electron chi connectivity index (χ0n) is 19.6. The number of para-hydroxylation sites is 1. The molecule has 1 saturated heterocycles.